The molecule has 2 heterocycles. The third-order valence-electron chi connectivity index (χ3n) is 3.79. The summed E-state index contributed by atoms with van der Waals surface area (Å²) in [7, 11) is 1.96. The average molecular weight is 335 g/mol. The molecule has 0 fully saturated rings. The van der Waals surface area contributed by atoms with Gasteiger partial charge in [0.1, 0.15) is 0 Å². The Hall–Kier alpha value is -1.89. The minimum atomic E-state index is -0.148. The Kier molecular flexibility index (Phi) is 6.15. The van der Waals surface area contributed by atoms with Gasteiger partial charge in [0, 0.05) is 43.2 Å². The molecule has 0 radical (unpaired) electrons. The lowest BCUT2D eigenvalue weighted by atomic mass is 10.1. The van der Waals surface area contributed by atoms with E-state index in [0.717, 1.165) is 41.2 Å². The zero-order valence-electron chi connectivity index (χ0n) is 14.3. The number of carbonyl (C=O) groups is 1. The number of hydrogen-bond donors (Lipinski definition) is 2. The molecule has 0 aliphatic heterocycles. The number of rotatable bonds is 7. The molecule has 6 nitrogen and oxygen atoms in total. The Morgan fingerprint density at radius 3 is 2.70 bits per heavy atom. The quantitative estimate of drug-likeness (QED) is 0.816. The van der Waals surface area contributed by atoms with Gasteiger partial charge in [0.2, 0.25) is 0 Å². The summed E-state index contributed by atoms with van der Waals surface area (Å²) in [6.07, 6.45) is 2.53. The van der Waals surface area contributed by atoms with E-state index in [1.807, 2.05) is 24.0 Å². The lowest BCUT2D eigenvalue weighted by Gasteiger charge is -2.09. The lowest BCUT2D eigenvalue weighted by Crippen LogP contribution is -2.36. The van der Waals surface area contributed by atoms with Crippen molar-refractivity contribution in [3.05, 3.63) is 33.0 Å². The number of thiazole rings is 1. The number of amides is 2. The summed E-state index contributed by atoms with van der Waals surface area (Å²) in [4.78, 5) is 16.3. The van der Waals surface area contributed by atoms with Crippen LogP contribution in [0, 0.1) is 6.92 Å². The Morgan fingerprint density at radius 1 is 1.30 bits per heavy atom. The third-order valence-corrected chi connectivity index (χ3v) is 4.61. The van der Waals surface area contributed by atoms with Crippen molar-refractivity contribution in [2.75, 3.05) is 6.54 Å². The highest BCUT2D eigenvalue weighted by atomic mass is 32.1. The standard InChI is InChI=1S/C16H25N5OS/c1-5-14-13(15(6-2)21(4)20-14)9-18-16(22)17-8-7-12-10-23-11(3)19-12/h10H,5-9H2,1-4H3,(H2,17,18,22). The van der Waals surface area contributed by atoms with Crippen LogP contribution in [0.4, 0.5) is 4.79 Å². The monoisotopic (exact) mass is 335 g/mol. The highest BCUT2D eigenvalue weighted by molar-refractivity contribution is 7.09. The first kappa shape index (κ1) is 17.5. The van der Waals surface area contributed by atoms with Crippen molar-refractivity contribution in [1.29, 1.82) is 0 Å². The maximum atomic E-state index is 12.0. The van der Waals surface area contributed by atoms with Crippen molar-refractivity contribution in [3.8, 4) is 0 Å². The molecular formula is C16H25N5OS. The molecule has 2 rings (SSSR count). The summed E-state index contributed by atoms with van der Waals surface area (Å²) in [5.41, 5.74) is 4.41. The summed E-state index contributed by atoms with van der Waals surface area (Å²) < 4.78 is 1.92. The number of urea groups is 1. The van der Waals surface area contributed by atoms with Crippen LogP contribution in [-0.2, 0) is 32.9 Å². The fourth-order valence-corrected chi connectivity index (χ4v) is 3.30. The topological polar surface area (TPSA) is 71.8 Å². The molecule has 0 aliphatic carbocycles. The Labute approximate surface area is 141 Å². The molecule has 0 saturated carbocycles. The summed E-state index contributed by atoms with van der Waals surface area (Å²) in [5, 5.41) is 13.4. The SMILES string of the molecule is CCc1nn(C)c(CC)c1CNC(=O)NCCc1csc(C)n1. The van der Waals surface area contributed by atoms with E-state index < -0.39 is 0 Å². The maximum absolute atomic E-state index is 12.0. The van der Waals surface area contributed by atoms with Gasteiger partial charge in [-0.05, 0) is 19.8 Å². The predicted octanol–water partition coefficient (Wildman–Crippen LogP) is 2.35. The molecule has 2 aromatic heterocycles. The summed E-state index contributed by atoms with van der Waals surface area (Å²) in [6, 6.07) is -0.148. The number of carbonyl (C=O) groups excluding carboxylic acids is 1. The van der Waals surface area contributed by atoms with E-state index in [2.05, 4.69) is 34.6 Å². The zero-order chi connectivity index (χ0) is 16.8. The first-order chi connectivity index (χ1) is 11.0. The number of aryl methyl sites for hydroxylation is 3. The molecule has 23 heavy (non-hydrogen) atoms. The van der Waals surface area contributed by atoms with Gasteiger partial charge in [0.15, 0.2) is 0 Å². The molecule has 0 saturated heterocycles. The van der Waals surface area contributed by atoms with E-state index in [4.69, 9.17) is 0 Å². The Bertz CT molecular complexity index is 661. The van der Waals surface area contributed by atoms with Crippen LogP contribution in [-0.4, -0.2) is 27.3 Å². The first-order valence-corrected chi connectivity index (χ1v) is 8.89. The minimum absolute atomic E-state index is 0.148. The number of nitrogens with one attached hydrogen (secondary N) is 2. The van der Waals surface area contributed by atoms with Crippen LogP contribution in [0.15, 0.2) is 5.38 Å². The summed E-state index contributed by atoms with van der Waals surface area (Å²) in [6.45, 7) is 7.28. The van der Waals surface area contributed by atoms with Gasteiger partial charge in [-0.3, -0.25) is 4.68 Å². The maximum Gasteiger partial charge on any atom is 0.315 e. The van der Waals surface area contributed by atoms with Crippen LogP contribution < -0.4 is 10.6 Å². The fourth-order valence-electron chi connectivity index (χ4n) is 2.65. The van der Waals surface area contributed by atoms with Gasteiger partial charge in [-0.15, -0.1) is 11.3 Å². The van der Waals surface area contributed by atoms with Gasteiger partial charge in [-0.1, -0.05) is 13.8 Å². The molecule has 126 valence electrons. The molecule has 0 bridgehead atoms. The van der Waals surface area contributed by atoms with Gasteiger partial charge in [-0.25, -0.2) is 9.78 Å². The van der Waals surface area contributed by atoms with Gasteiger partial charge < -0.3 is 10.6 Å². The molecule has 0 spiro atoms. The second-order valence-electron chi connectivity index (χ2n) is 5.42. The number of aromatic nitrogens is 3. The molecule has 0 unspecified atom stereocenters. The second-order valence-corrected chi connectivity index (χ2v) is 6.48. The first-order valence-electron chi connectivity index (χ1n) is 8.01. The molecule has 2 N–H and O–H groups in total. The van der Waals surface area contributed by atoms with Crippen LogP contribution in [0.2, 0.25) is 0 Å². The lowest BCUT2D eigenvalue weighted by molar-refractivity contribution is 0.240. The van der Waals surface area contributed by atoms with Crippen molar-refractivity contribution in [2.45, 2.75) is 46.6 Å². The molecule has 2 amide bonds. The highest BCUT2D eigenvalue weighted by Gasteiger charge is 2.14. The van der Waals surface area contributed by atoms with E-state index in [1.54, 1.807) is 11.3 Å². The normalized spacial score (nSPS) is 10.8. The van der Waals surface area contributed by atoms with E-state index in [1.165, 1.54) is 5.69 Å². The van der Waals surface area contributed by atoms with Crippen molar-refractivity contribution >= 4 is 17.4 Å². The van der Waals surface area contributed by atoms with Crippen LogP contribution in [0.1, 0.15) is 41.5 Å². The third kappa shape index (κ3) is 4.54. The van der Waals surface area contributed by atoms with Crippen LogP contribution in [0.25, 0.3) is 0 Å². The van der Waals surface area contributed by atoms with Gasteiger partial charge in [0.05, 0.1) is 16.4 Å². The summed E-state index contributed by atoms with van der Waals surface area (Å²) >= 11 is 1.63. The zero-order valence-corrected chi connectivity index (χ0v) is 15.1. The van der Waals surface area contributed by atoms with Crippen LogP contribution in [0.3, 0.4) is 0 Å². The molecule has 2 aromatic rings. The molecule has 0 aliphatic rings. The van der Waals surface area contributed by atoms with E-state index >= 15 is 0 Å². The average Bonchev–Trinajstić information content (AvgIpc) is 3.07. The Morgan fingerprint density at radius 2 is 2.09 bits per heavy atom. The predicted molar refractivity (Wildman–Crippen MR) is 92.8 cm³/mol. The minimum Gasteiger partial charge on any atom is -0.338 e. The molecule has 0 aromatic carbocycles. The van der Waals surface area contributed by atoms with Crippen LogP contribution >= 0.6 is 11.3 Å². The van der Waals surface area contributed by atoms with Crippen molar-refractivity contribution in [2.24, 2.45) is 7.05 Å². The molecule has 7 heteroatoms. The van der Waals surface area contributed by atoms with Crippen LogP contribution in [0.5, 0.6) is 0 Å². The van der Waals surface area contributed by atoms with E-state index in [-0.39, 0.29) is 6.03 Å². The largest absolute Gasteiger partial charge is 0.338 e. The molecular weight excluding hydrogens is 310 g/mol. The van der Waals surface area contributed by atoms with Gasteiger partial charge in [-0.2, -0.15) is 5.10 Å². The highest BCUT2D eigenvalue weighted by Crippen LogP contribution is 2.15. The molecule has 0 atom stereocenters. The fraction of sp³-hybridized carbons (Fsp3) is 0.562. The number of nitrogens with zero attached hydrogens (tertiary/aromatic N) is 3. The number of hydrogen-bond acceptors (Lipinski definition) is 4. The van der Waals surface area contributed by atoms with Gasteiger partial charge >= 0.3 is 6.03 Å². The van der Waals surface area contributed by atoms with Crippen molar-refractivity contribution in [3.63, 3.8) is 0 Å². The van der Waals surface area contributed by atoms with Crippen molar-refractivity contribution in [1.82, 2.24) is 25.4 Å². The smallest absolute Gasteiger partial charge is 0.315 e. The second kappa shape index (κ2) is 8.10. The van der Waals surface area contributed by atoms with Gasteiger partial charge in [0.25, 0.3) is 0 Å². The summed E-state index contributed by atoms with van der Waals surface area (Å²) in [5.74, 6) is 0. The van der Waals surface area contributed by atoms with E-state index in [9.17, 15) is 4.79 Å². The van der Waals surface area contributed by atoms with E-state index in [0.29, 0.717) is 13.1 Å². The Balaban J connectivity index is 1.82. The van der Waals surface area contributed by atoms with Crippen molar-refractivity contribution < 1.29 is 4.79 Å².